The number of amides is 1. The molecule has 31 heavy (non-hydrogen) atoms. The minimum Gasteiger partial charge on any atom is -0.496 e. The molecule has 160 valence electrons. The highest BCUT2D eigenvalue weighted by atomic mass is 32.2. The van der Waals surface area contributed by atoms with Gasteiger partial charge in [0, 0.05) is 11.6 Å². The Morgan fingerprint density at radius 2 is 2.00 bits per heavy atom. The van der Waals surface area contributed by atoms with Crippen molar-refractivity contribution < 1.29 is 22.7 Å². The second kappa shape index (κ2) is 7.53. The first-order valence-corrected chi connectivity index (χ1v) is 11.7. The molecule has 0 spiro atoms. The second-order valence-electron chi connectivity index (χ2n) is 7.89. The molecule has 3 aromatic rings. The third-order valence-corrected chi connectivity index (χ3v) is 7.55. The van der Waals surface area contributed by atoms with Crippen LogP contribution in [0.3, 0.4) is 0 Å². The van der Waals surface area contributed by atoms with Gasteiger partial charge in [-0.05, 0) is 54.7 Å². The van der Waals surface area contributed by atoms with Crippen LogP contribution in [-0.2, 0) is 14.8 Å². The summed E-state index contributed by atoms with van der Waals surface area (Å²) < 4.78 is 39.8. The number of carbonyl (C=O) groups is 1. The molecule has 0 saturated heterocycles. The molecule has 1 aromatic heterocycles. The van der Waals surface area contributed by atoms with Crippen LogP contribution in [0.25, 0.3) is 10.9 Å². The Hall–Kier alpha value is -3.13. The molecular formula is C23H22N2O5S. The Kier molecular flexibility index (Phi) is 4.81. The fourth-order valence-corrected chi connectivity index (χ4v) is 5.57. The van der Waals surface area contributed by atoms with E-state index < -0.39 is 21.8 Å². The van der Waals surface area contributed by atoms with E-state index in [1.165, 1.54) is 19.6 Å². The van der Waals surface area contributed by atoms with Crippen LogP contribution in [0, 0.1) is 0 Å². The largest absolute Gasteiger partial charge is 0.496 e. The number of pyridine rings is 1. The molecule has 1 saturated carbocycles. The van der Waals surface area contributed by atoms with Crippen LogP contribution >= 0.6 is 0 Å². The maximum Gasteiger partial charge on any atom is 0.264 e. The smallest absolute Gasteiger partial charge is 0.264 e. The molecule has 2 aliphatic rings. The van der Waals surface area contributed by atoms with Crippen LogP contribution in [-0.4, -0.2) is 33.0 Å². The first kappa shape index (κ1) is 19.8. The summed E-state index contributed by atoms with van der Waals surface area (Å²) in [6, 6.07) is 12.0. The lowest BCUT2D eigenvalue weighted by molar-refractivity contribution is -0.121. The topological polar surface area (TPSA) is 94.6 Å². The Bertz CT molecular complexity index is 1280. The summed E-state index contributed by atoms with van der Waals surface area (Å²) in [5, 5.41) is 0.457. The lowest BCUT2D eigenvalue weighted by Gasteiger charge is -2.27. The van der Waals surface area contributed by atoms with E-state index >= 15 is 0 Å². The van der Waals surface area contributed by atoms with Gasteiger partial charge in [-0.3, -0.25) is 9.78 Å². The van der Waals surface area contributed by atoms with Gasteiger partial charge in [0.1, 0.15) is 24.0 Å². The van der Waals surface area contributed by atoms with Gasteiger partial charge in [-0.2, -0.15) is 0 Å². The summed E-state index contributed by atoms with van der Waals surface area (Å²) >= 11 is 0. The third-order valence-electron chi connectivity index (χ3n) is 6.14. The predicted octanol–water partition coefficient (Wildman–Crippen LogP) is 3.49. The van der Waals surface area contributed by atoms with Crippen LogP contribution in [0.1, 0.15) is 42.2 Å². The van der Waals surface area contributed by atoms with Gasteiger partial charge < -0.3 is 9.47 Å². The first-order chi connectivity index (χ1) is 15.0. The van der Waals surface area contributed by atoms with Crippen LogP contribution < -0.4 is 14.2 Å². The second-order valence-corrected chi connectivity index (χ2v) is 9.54. The fraction of sp³-hybridized carbons (Fsp3) is 0.304. The van der Waals surface area contributed by atoms with Gasteiger partial charge in [0.05, 0.1) is 23.1 Å². The Morgan fingerprint density at radius 1 is 1.16 bits per heavy atom. The number of hydrogen-bond acceptors (Lipinski definition) is 6. The number of methoxy groups -OCH3 is 1. The van der Waals surface area contributed by atoms with Crippen LogP contribution in [0.5, 0.6) is 11.5 Å². The SMILES string of the molecule is COc1ccc(C2CCC2)c2c1C(C(=O)NS(=O)(=O)c1cccc3ncccc13)CO2. The van der Waals surface area contributed by atoms with Crippen molar-refractivity contribution in [2.45, 2.75) is 36.0 Å². The molecule has 5 rings (SSSR count). The van der Waals surface area contributed by atoms with Crippen molar-refractivity contribution in [2.75, 3.05) is 13.7 Å². The summed E-state index contributed by atoms with van der Waals surface area (Å²) in [7, 11) is -2.57. The van der Waals surface area contributed by atoms with Crippen LogP contribution in [0.4, 0.5) is 0 Å². The number of fused-ring (bicyclic) bond motifs is 2. The first-order valence-electron chi connectivity index (χ1n) is 10.2. The van der Waals surface area contributed by atoms with Gasteiger partial charge in [0.2, 0.25) is 5.91 Å². The molecule has 1 amide bonds. The highest BCUT2D eigenvalue weighted by Gasteiger charge is 2.39. The van der Waals surface area contributed by atoms with Crippen molar-refractivity contribution >= 4 is 26.8 Å². The molecule has 1 aliphatic heterocycles. The number of benzene rings is 2. The lowest BCUT2D eigenvalue weighted by atomic mass is 9.78. The van der Waals surface area contributed by atoms with Crippen molar-refractivity contribution in [1.29, 1.82) is 0 Å². The molecule has 7 nitrogen and oxygen atoms in total. The number of rotatable bonds is 5. The molecular weight excluding hydrogens is 416 g/mol. The van der Waals surface area contributed by atoms with E-state index in [1.807, 2.05) is 12.1 Å². The van der Waals surface area contributed by atoms with Gasteiger partial charge in [-0.15, -0.1) is 0 Å². The van der Waals surface area contributed by atoms with Crippen molar-refractivity contribution in [2.24, 2.45) is 0 Å². The summed E-state index contributed by atoms with van der Waals surface area (Å²) in [6.07, 6.45) is 4.94. The standard InChI is InChI=1S/C23H22N2O5S/c1-29-19-11-10-15(14-5-2-6-14)22-21(19)17(13-30-22)23(26)25-31(27,28)20-9-3-8-18-16(20)7-4-12-24-18/h3-4,7-12,14,17H,2,5-6,13H2,1H3,(H,25,26). The summed E-state index contributed by atoms with van der Waals surface area (Å²) in [4.78, 5) is 17.3. The van der Waals surface area contributed by atoms with Crippen molar-refractivity contribution in [3.05, 3.63) is 59.8 Å². The van der Waals surface area contributed by atoms with Crippen molar-refractivity contribution in [1.82, 2.24) is 9.71 Å². The zero-order valence-electron chi connectivity index (χ0n) is 17.0. The lowest BCUT2D eigenvalue weighted by Crippen LogP contribution is -2.35. The van der Waals surface area contributed by atoms with Crippen LogP contribution in [0.15, 0.2) is 53.6 Å². The molecule has 1 fully saturated rings. The molecule has 1 N–H and O–H groups in total. The van der Waals surface area contributed by atoms with Gasteiger partial charge in [0.15, 0.2) is 0 Å². The number of nitrogens with zero attached hydrogens (tertiary/aromatic N) is 1. The van der Waals surface area contributed by atoms with E-state index in [9.17, 15) is 13.2 Å². The van der Waals surface area contributed by atoms with E-state index in [-0.39, 0.29) is 11.5 Å². The zero-order chi connectivity index (χ0) is 21.6. The van der Waals surface area contributed by atoms with E-state index in [1.54, 1.807) is 30.5 Å². The van der Waals surface area contributed by atoms with E-state index in [2.05, 4.69) is 9.71 Å². The van der Waals surface area contributed by atoms with E-state index in [4.69, 9.17) is 9.47 Å². The van der Waals surface area contributed by atoms with Crippen molar-refractivity contribution in [3.63, 3.8) is 0 Å². The normalized spacial score (nSPS) is 18.2. The Balaban J connectivity index is 1.49. The summed E-state index contributed by atoms with van der Waals surface area (Å²) in [6.45, 7) is 0.0773. The highest BCUT2D eigenvalue weighted by molar-refractivity contribution is 7.90. The van der Waals surface area contributed by atoms with Gasteiger partial charge in [-0.25, -0.2) is 13.1 Å². The number of carbonyl (C=O) groups excluding carboxylic acids is 1. The summed E-state index contributed by atoms with van der Waals surface area (Å²) in [5.41, 5.74) is 2.23. The monoisotopic (exact) mass is 438 g/mol. The van der Waals surface area contributed by atoms with Crippen LogP contribution in [0.2, 0.25) is 0 Å². The third kappa shape index (κ3) is 3.31. The maximum absolute atomic E-state index is 13.1. The number of ether oxygens (including phenoxy) is 2. The Morgan fingerprint density at radius 3 is 2.74 bits per heavy atom. The quantitative estimate of drug-likeness (QED) is 0.655. The molecule has 1 unspecified atom stereocenters. The minimum atomic E-state index is -4.10. The van der Waals surface area contributed by atoms with Gasteiger partial charge >= 0.3 is 0 Å². The molecule has 0 radical (unpaired) electrons. The van der Waals surface area contributed by atoms with E-state index in [0.29, 0.717) is 33.9 Å². The molecule has 2 heterocycles. The number of sulfonamides is 1. The molecule has 1 atom stereocenters. The average molecular weight is 439 g/mol. The number of nitrogens with one attached hydrogen (secondary N) is 1. The molecule has 1 aliphatic carbocycles. The Labute approximate surface area is 180 Å². The molecule has 0 bridgehead atoms. The minimum absolute atomic E-state index is 0.0146. The van der Waals surface area contributed by atoms with E-state index in [0.717, 1.165) is 18.4 Å². The molecule has 2 aromatic carbocycles. The van der Waals surface area contributed by atoms with Gasteiger partial charge in [-0.1, -0.05) is 18.6 Å². The van der Waals surface area contributed by atoms with Crippen molar-refractivity contribution in [3.8, 4) is 11.5 Å². The highest BCUT2D eigenvalue weighted by Crippen LogP contribution is 2.49. The number of hydrogen-bond donors (Lipinski definition) is 1. The van der Waals surface area contributed by atoms with Gasteiger partial charge in [0.25, 0.3) is 10.0 Å². The fourth-order valence-electron chi connectivity index (χ4n) is 4.33. The maximum atomic E-state index is 13.1. The summed E-state index contributed by atoms with van der Waals surface area (Å²) in [5.74, 6) is 0.198. The molecule has 8 heteroatoms. The number of aromatic nitrogens is 1. The predicted molar refractivity (Wildman–Crippen MR) is 115 cm³/mol. The average Bonchev–Trinajstić information content (AvgIpc) is 3.18. The zero-order valence-corrected chi connectivity index (χ0v) is 17.8.